The SMILES string of the molecule is Cc1ccc(CSc2nnc(NC(=O)/C=C/c3cccc(F)c3)s2)cc1. The van der Waals surface area contributed by atoms with Gasteiger partial charge in [-0.05, 0) is 36.3 Å². The molecular weight excluding hydrogens is 369 g/mol. The molecule has 1 aromatic heterocycles. The summed E-state index contributed by atoms with van der Waals surface area (Å²) in [5.41, 5.74) is 3.05. The number of anilines is 1. The molecule has 0 spiro atoms. The van der Waals surface area contributed by atoms with Crippen molar-refractivity contribution < 1.29 is 9.18 Å². The van der Waals surface area contributed by atoms with Crippen molar-refractivity contribution in [2.75, 3.05) is 5.32 Å². The van der Waals surface area contributed by atoms with Crippen LogP contribution in [0.1, 0.15) is 16.7 Å². The van der Waals surface area contributed by atoms with Crippen LogP contribution in [0.4, 0.5) is 9.52 Å². The maximum absolute atomic E-state index is 13.1. The molecule has 132 valence electrons. The van der Waals surface area contributed by atoms with Crippen LogP contribution >= 0.6 is 23.1 Å². The molecule has 0 unspecified atom stereocenters. The van der Waals surface area contributed by atoms with Crippen LogP contribution in [0, 0.1) is 12.7 Å². The molecule has 0 saturated carbocycles. The van der Waals surface area contributed by atoms with Gasteiger partial charge in [0.15, 0.2) is 4.34 Å². The van der Waals surface area contributed by atoms with Crippen LogP contribution in [-0.2, 0) is 10.5 Å². The van der Waals surface area contributed by atoms with Gasteiger partial charge >= 0.3 is 0 Å². The molecule has 4 nitrogen and oxygen atoms in total. The van der Waals surface area contributed by atoms with Crippen molar-refractivity contribution in [1.82, 2.24) is 10.2 Å². The maximum atomic E-state index is 13.1. The summed E-state index contributed by atoms with van der Waals surface area (Å²) in [5, 5.41) is 11.1. The Morgan fingerprint density at radius 3 is 2.81 bits per heavy atom. The van der Waals surface area contributed by atoms with Crippen LogP contribution in [0.5, 0.6) is 0 Å². The minimum absolute atomic E-state index is 0.333. The number of hydrogen-bond donors (Lipinski definition) is 1. The summed E-state index contributed by atoms with van der Waals surface area (Å²) in [6.45, 7) is 2.05. The Labute approximate surface area is 159 Å². The first-order valence-electron chi connectivity index (χ1n) is 7.85. The van der Waals surface area contributed by atoms with Crippen molar-refractivity contribution in [2.45, 2.75) is 17.0 Å². The molecule has 0 saturated heterocycles. The van der Waals surface area contributed by atoms with Crippen molar-refractivity contribution >= 4 is 40.2 Å². The summed E-state index contributed by atoms with van der Waals surface area (Å²) < 4.78 is 13.9. The molecule has 0 atom stereocenters. The van der Waals surface area contributed by atoms with Crippen LogP contribution < -0.4 is 5.32 Å². The zero-order chi connectivity index (χ0) is 18.4. The predicted octanol–water partition coefficient (Wildman–Crippen LogP) is 4.93. The second kappa shape index (κ2) is 8.73. The molecule has 3 rings (SSSR count). The second-order valence-electron chi connectivity index (χ2n) is 5.52. The van der Waals surface area contributed by atoms with Gasteiger partial charge in [0.05, 0.1) is 0 Å². The molecular formula is C19H16FN3OS2. The van der Waals surface area contributed by atoms with Gasteiger partial charge in [-0.15, -0.1) is 10.2 Å². The van der Waals surface area contributed by atoms with Gasteiger partial charge in [-0.25, -0.2) is 4.39 Å². The highest BCUT2D eigenvalue weighted by atomic mass is 32.2. The number of halogens is 1. The number of benzene rings is 2. The quantitative estimate of drug-likeness (QED) is 0.371. The van der Waals surface area contributed by atoms with Crippen molar-refractivity contribution in [1.29, 1.82) is 0 Å². The molecule has 7 heteroatoms. The lowest BCUT2D eigenvalue weighted by Gasteiger charge is -1.99. The molecule has 1 N–H and O–H groups in total. The first-order valence-corrected chi connectivity index (χ1v) is 9.65. The van der Waals surface area contributed by atoms with E-state index in [1.165, 1.54) is 40.7 Å². The van der Waals surface area contributed by atoms with Gasteiger partial charge in [-0.2, -0.15) is 0 Å². The van der Waals surface area contributed by atoms with Gasteiger partial charge in [0.25, 0.3) is 0 Å². The number of aryl methyl sites for hydroxylation is 1. The molecule has 0 aliphatic rings. The van der Waals surface area contributed by atoms with Crippen LogP contribution in [0.25, 0.3) is 6.08 Å². The molecule has 3 aromatic rings. The largest absolute Gasteiger partial charge is 0.297 e. The second-order valence-corrected chi connectivity index (χ2v) is 7.72. The zero-order valence-corrected chi connectivity index (χ0v) is 15.6. The normalized spacial score (nSPS) is 11.0. The van der Waals surface area contributed by atoms with E-state index in [1.807, 2.05) is 0 Å². The van der Waals surface area contributed by atoms with Gasteiger partial charge in [-0.1, -0.05) is 65.1 Å². The number of hydrogen-bond acceptors (Lipinski definition) is 5. The van der Waals surface area contributed by atoms with Crippen LogP contribution in [0.15, 0.2) is 58.9 Å². The molecule has 0 bridgehead atoms. The summed E-state index contributed by atoms with van der Waals surface area (Å²) >= 11 is 2.90. The van der Waals surface area contributed by atoms with Crippen molar-refractivity contribution in [2.24, 2.45) is 0 Å². The highest BCUT2D eigenvalue weighted by Crippen LogP contribution is 2.28. The third-order valence-electron chi connectivity index (χ3n) is 3.40. The van der Waals surface area contributed by atoms with E-state index in [9.17, 15) is 9.18 Å². The average molecular weight is 385 g/mol. The highest BCUT2D eigenvalue weighted by molar-refractivity contribution is 8.00. The van der Waals surface area contributed by atoms with E-state index in [0.717, 1.165) is 10.1 Å². The zero-order valence-electron chi connectivity index (χ0n) is 14.0. The molecule has 0 aliphatic carbocycles. The predicted molar refractivity (Wildman–Crippen MR) is 105 cm³/mol. The monoisotopic (exact) mass is 385 g/mol. The van der Waals surface area contributed by atoms with Crippen LogP contribution in [0.2, 0.25) is 0 Å². The summed E-state index contributed by atoms with van der Waals surface area (Å²) in [6.07, 6.45) is 2.89. The molecule has 26 heavy (non-hydrogen) atoms. The van der Waals surface area contributed by atoms with E-state index >= 15 is 0 Å². The molecule has 0 aliphatic heterocycles. The average Bonchev–Trinajstić information content (AvgIpc) is 3.07. The van der Waals surface area contributed by atoms with Crippen LogP contribution in [0.3, 0.4) is 0 Å². The van der Waals surface area contributed by atoms with E-state index in [2.05, 4.69) is 46.7 Å². The Bertz CT molecular complexity index is 923. The number of aromatic nitrogens is 2. The first kappa shape index (κ1) is 18.3. The van der Waals surface area contributed by atoms with Gasteiger partial charge < -0.3 is 0 Å². The van der Waals surface area contributed by atoms with Gasteiger partial charge in [0.2, 0.25) is 11.0 Å². The molecule has 2 aromatic carbocycles. The Morgan fingerprint density at radius 1 is 1.23 bits per heavy atom. The van der Waals surface area contributed by atoms with E-state index in [0.29, 0.717) is 10.7 Å². The summed E-state index contributed by atoms with van der Waals surface area (Å²) in [4.78, 5) is 11.9. The van der Waals surface area contributed by atoms with Crippen LogP contribution in [-0.4, -0.2) is 16.1 Å². The minimum Gasteiger partial charge on any atom is -0.297 e. The fourth-order valence-electron chi connectivity index (χ4n) is 2.08. The summed E-state index contributed by atoms with van der Waals surface area (Å²) in [7, 11) is 0. The lowest BCUT2D eigenvalue weighted by molar-refractivity contribution is -0.111. The number of thioether (sulfide) groups is 1. The number of nitrogens with zero attached hydrogens (tertiary/aromatic N) is 2. The van der Waals surface area contributed by atoms with E-state index < -0.39 is 0 Å². The molecule has 1 heterocycles. The van der Waals surface area contributed by atoms with Gasteiger partial charge in [0.1, 0.15) is 5.82 Å². The Balaban J connectivity index is 1.52. The smallest absolute Gasteiger partial charge is 0.250 e. The minimum atomic E-state index is -0.341. The first-order chi connectivity index (χ1) is 12.6. The number of nitrogens with one attached hydrogen (secondary N) is 1. The van der Waals surface area contributed by atoms with Crippen molar-refractivity contribution in [3.05, 3.63) is 77.1 Å². The highest BCUT2D eigenvalue weighted by Gasteiger charge is 2.07. The van der Waals surface area contributed by atoms with E-state index in [1.54, 1.807) is 30.0 Å². The Morgan fingerprint density at radius 2 is 2.04 bits per heavy atom. The third-order valence-corrected chi connectivity index (χ3v) is 5.44. The van der Waals surface area contributed by atoms with Crippen molar-refractivity contribution in [3.63, 3.8) is 0 Å². The van der Waals surface area contributed by atoms with Crippen molar-refractivity contribution in [3.8, 4) is 0 Å². The lowest BCUT2D eigenvalue weighted by Crippen LogP contribution is -2.07. The molecule has 1 amide bonds. The van der Waals surface area contributed by atoms with Gasteiger partial charge in [0, 0.05) is 11.8 Å². The lowest BCUT2D eigenvalue weighted by atomic mass is 10.2. The summed E-state index contributed by atoms with van der Waals surface area (Å²) in [5.74, 6) is 0.120. The topological polar surface area (TPSA) is 54.9 Å². The standard InChI is InChI=1S/C19H16FN3OS2/c1-13-5-7-15(8-6-13)12-25-19-23-22-18(26-19)21-17(24)10-9-14-3-2-4-16(20)11-14/h2-11H,12H2,1H3,(H,21,22,24)/b10-9+. The maximum Gasteiger partial charge on any atom is 0.250 e. The fraction of sp³-hybridized carbons (Fsp3) is 0.105. The number of amides is 1. The van der Waals surface area contributed by atoms with E-state index in [4.69, 9.17) is 0 Å². The summed E-state index contributed by atoms with van der Waals surface area (Å²) in [6, 6.07) is 14.3. The fourth-order valence-corrected chi connectivity index (χ4v) is 3.79. The number of carbonyl (C=O) groups is 1. The molecule has 0 fully saturated rings. The van der Waals surface area contributed by atoms with Gasteiger partial charge in [-0.3, -0.25) is 10.1 Å². The Hall–Kier alpha value is -2.51. The molecule has 0 radical (unpaired) electrons. The number of carbonyl (C=O) groups excluding carboxylic acids is 1. The third kappa shape index (κ3) is 5.50. The van der Waals surface area contributed by atoms with E-state index in [-0.39, 0.29) is 11.7 Å². The number of rotatable bonds is 6. The Kier molecular flexibility index (Phi) is 6.14.